The van der Waals surface area contributed by atoms with Crippen molar-refractivity contribution in [3.8, 4) is 11.3 Å². The molecule has 2 aliphatic heterocycles. The number of hydrogen-bond donors (Lipinski definition) is 0. The Kier molecular flexibility index (Phi) is 5.02. The van der Waals surface area contributed by atoms with Crippen molar-refractivity contribution in [2.24, 2.45) is 5.92 Å². The molecule has 2 saturated heterocycles. The fourth-order valence-electron chi connectivity index (χ4n) is 3.99. The minimum Gasteiger partial charge on any atom is -0.380 e. The summed E-state index contributed by atoms with van der Waals surface area (Å²) in [6.07, 6.45) is -0.0101. The Morgan fingerprint density at radius 1 is 1.00 bits per heavy atom. The van der Waals surface area contributed by atoms with Gasteiger partial charge in [0.25, 0.3) is 0 Å². The molecule has 0 bridgehead atoms. The molecule has 1 aromatic carbocycles. The molecule has 0 N–H and O–H groups in total. The Morgan fingerprint density at radius 2 is 1.77 bits per heavy atom. The van der Waals surface area contributed by atoms with E-state index in [2.05, 4.69) is 15.0 Å². The molecule has 0 radical (unpaired) electrons. The lowest BCUT2D eigenvalue weighted by Crippen LogP contribution is -2.54. The summed E-state index contributed by atoms with van der Waals surface area (Å²) in [7, 11) is 0. The molecule has 4 heterocycles. The van der Waals surface area contributed by atoms with E-state index in [-0.39, 0.29) is 17.8 Å². The number of fused-ring (bicyclic) bond motifs is 1. The average Bonchev–Trinajstić information content (AvgIpc) is 2.67. The molecule has 3 aromatic rings. The molecular formula is C22H23F2N5O2. The van der Waals surface area contributed by atoms with E-state index < -0.39 is 11.6 Å². The molecule has 0 saturated carbocycles. The molecule has 162 valence electrons. The van der Waals surface area contributed by atoms with Gasteiger partial charge >= 0.3 is 0 Å². The number of rotatable bonds is 3. The number of hydrogen-bond acceptors (Lipinski definition) is 7. The van der Waals surface area contributed by atoms with Gasteiger partial charge in [0.2, 0.25) is 5.95 Å². The van der Waals surface area contributed by atoms with Crippen LogP contribution in [-0.4, -0.2) is 58.4 Å². The summed E-state index contributed by atoms with van der Waals surface area (Å²) in [4.78, 5) is 20.5. The van der Waals surface area contributed by atoms with E-state index in [0.29, 0.717) is 60.7 Å². The van der Waals surface area contributed by atoms with Gasteiger partial charge in [-0.1, -0.05) is 0 Å². The predicted octanol–water partition coefficient (Wildman–Crippen LogP) is 3.22. The summed E-state index contributed by atoms with van der Waals surface area (Å²) >= 11 is 0. The number of anilines is 1. The van der Waals surface area contributed by atoms with Crippen molar-refractivity contribution in [3.05, 3.63) is 41.2 Å². The van der Waals surface area contributed by atoms with Crippen LogP contribution in [0.5, 0.6) is 0 Å². The normalized spacial score (nSPS) is 22.0. The number of benzene rings is 1. The van der Waals surface area contributed by atoms with Crippen LogP contribution in [0, 0.1) is 31.4 Å². The van der Waals surface area contributed by atoms with Gasteiger partial charge in [0.1, 0.15) is 22.8 Å². The molecule has 0 aliphatic carbocycles. The first kappa shape index (κ1) is 20.1. The molecule has 7 nitrogen and oxygen atoms in total. The van der Waals surface area contributed by atoms with Crippen LogP contribution >= 0.6 is 0 Å². The molecular weight excluding hydrogens is 404 g/mol. The van der Waals surface area contributed by atoms with Crippen LogP contribution < -0.4 is 4.90 Å². The van der Waals surface area contributed by atoms with E-state index in [9.17, 15) is 8.78 Å². The lowest BCUT2D eigenvalue weighted by Gasteiger charge is -2.42. The maximum absolute atomic E-state index is 14.7. The van der Waals surface area contributed by atoms with Gasteiger partial charge in [-0.3, -0.25) is 0 Å². The van der Waals surface area contributed by atoms with Gasteiger partial charge in [-0.05, 0) is 32.9 Å². The Balaban J connectivity index is 1.64. The van der Waals surface area contributed by atoms with Crippen LogP contribution in [0.2, 0.25) is 0 Å². The summed E-state index contributed by atoms with van der Waals surface area (Å²) < 4.78 is 39.7. The number of aryl methyl sites for hydroxylation is 2. The average molecular weight is 427 g/mol. The molecule has 2 atom stereocenters. The van der Waals surface area contributed by atoms with Gasteiger partial charge in [-0.15, -0.1) is 0 Å². The van der Waals surface area contributed by atoms with Gasteiger partial charge in [-0.2, -0.15) is 4.98 Å². The molecule has 5 rings (SSSR count). The Labute approximate surface area is 178 Å². The van der Waals surface area contributed by atoms with E-state index in [1.165, 1.54) is 12.1 Å². The monoisotopic (exact) mass is 427 g/mol. The SMILES string of the molecule is Cc1nc2nc(N3C[C@H](C)O[C@@H](C4COC4)C3)nc(-c3ccc(F)cc3F)c2nc1C. The van der Waals surface area contributed by atoms with E-state index in [0.717, 1.165) is 11.8 Å². The van der Waals surface area contributed by atoms with E-state index in [1.54, 1.807) is 0 Å². The number of morpholine rings is 1. The fraction of sp³-hybridized carbons (Fsp3) is 0.455. The molecule has 0 unspecified atom stereocenters. The second kappa shape index (κ2) is 7.72. The molecule has 2 aliphatic rings. The Bertz CT molecular complexity index is 1150. The predicted molar refractivity (Wildman–Crippen MR) is 111 cm³/mol. The van der Waals surface area contributed by atoms with E-state index in [1.807, 2.05) is 25.7 Å². The van der Waals surface area contributed by atoms with Crippen molar-refractivity contribution in [1.82, 2.24) is 19.9 Å². The lowest BCUT2D eigenvalue weighted by molar-refractivity contribution is -0.135. The third-order valence-corrected chi connectivity index (χ3v) is 5.87. The molecule has 2 aromatic heterocycles. The Morgan fingerprint density at radius 3 is 2.48 bits per heavy atom. The molecule has 9 heteroatoms. The topological polar surface area (TPSA) is 73.3 Å². The first-order valence-corrected chi connectivity index (χ1v) is 10.4. The molecule has 0 spiro atoms. The maximum Gasteiger partial charge on any atom is 0.228 e. The smallest absolute Gasteiger partial charge is 0.228 e. The Hall–Kier alpha value is -2.78. The molecule has 2 fully saturated rings. The largest absolute Gasteiger partial charge is 0.380 e. The van der Waals surface area contributed by atoms with Crippen molar-refractivity contribution in [1.29, 1.82) is 0 Å². The first-order valence-electron chi connectivity index (χ1n) is 10.4. The zero-order valence-electron chi connectivity index (χ0n) is 17.6. The highest BCUT2D eigenvalue weighted by molar-refractivity contribution is 5.88. The number of ether oxygens (including phenoxy) is 2. The van der Waals surface area contributed by atoms with Crippen LogP contribution in [0.25, 0.3) is 22.4 Å². The minimum absolute atomic E-state index is 0.00800. The quantitative estimate of drug-likeness (QED) is 0.635. The van der Waals surface area contributed by atoms with Gasteiger partial charge in [0.15, 0.2) is 5.65 Å². The van der Waals surface area contributed by atoms with Crippen LogP contribution in [-0.2, 0) is 9.47 Å². The lowest BCUT2D eigenvalue weighted by atomic mass is 9.98. The highest BCUT2D eigenvalue weighted by atomic mass is 19.1. The zero-order valence-corrected chi connectivity index (χ0v) is 17.6. The summed E-state index contributed by atoms with van der Waals surface area (Å²) in [6.45, 7) is 8.25. The summed E-state index contributed by atoms with van der Waals surface area (Å²) in [6, 6.07) is 3.44. The molecule has 31 heavy (non-hydrogen) atoms. The van der Waals surface area contributed by atoms with Gasteiger partial charge in [-0.25, -0.2) is 23.7 Å². The van der Waals surface area contributed by atoms with Crippen molar-refractivity contribution < 1.29 is 18.3 Å². The molecule has 0 amide bonds. The van der Waals surface area contributed by atoms with E-state index >= 15 is 0 Å². The summed E-state index contributed by atoms with van der Waals surface area (Å²) in [5.74, 6) is -0.579. The van der Waals surface area contributed by atoms with E-state index in [4.69, 9.17) is 14.5 Å². The van der Waals surface area contributed by atoms with Crippen LogP contribution in [0.15, 0.2) is 18.2 Å². The van der Waals surface area contributed by atoms with Crippen molar-refractivity contribution in [2.45, 2.75) is 33.0 Å². The number of aromatic nitrogens is 4. The van der Waals surface area contributed by atoms with Crippen LogP contribution in [0.4, 0.5) is 14.7 Å². The van der Waals surface area contributed by atoms with Crippen LogP contribution in [0.3, 0.4) is 0 Å². The van der Waals surface area contributed by atoms with Crippen LogP contribution in [0.1, 0.15) is 18.3 Å². The maximum atomic E-state index is 14.7. The van der Waals surface area contributed by atoms with Crippen molar-refractivity contribution >= 4 is 17.1 Å². The minimum atomic E-state index is -0.703. The van der Waals surface area contributed by atoms with Gasteiger partial charge in [0, 0.05) is 30.6 Å². The number of halogens is 2. The summed E-state index contributed by atoms with van der Waals surface area (Å²) in [5, 5.41) is 0. The highest BCUT2D eigenvalue weighted by Crippen LogP contribution is 2.31. The van der Waals surface area contributed by atoms with Crippen molar-refractivity contribution in [3.63, 3.8) is 0 Å². The second-order valence-electron chi connectivity index (χ2n) is 8.25. The number of nitrogens with zero attached hydrogens (tertiary/aromatic N) is 5. The summed E-state index contributed by atoms with van der Waals surface area (Å²) in [5.41, 5.74) is 2.69. The first-order chi connectivity index (χ1) is 14.9. The van der Waals surface area contributed by atoms with Gasteiger partial charge in [0.05, 0.1) is 36.8 Å². The second-order valence-corrected chi connectivity index (χ2v) is 8.25. The third kappa shape index (κ3) is 3.72. The third-order valence-electron chi connectivity index (χ3n) is 5.87. The standard InChI is InChI=1S/C22H23F2N5O2/c1-11-7-29(8-18(31-11)14-9-30-10-14)22-27-19(16-5-4-15(23)6-17(16)24)20-21(28-22)26-13(3)12(2)25-20/h4-6,11,14,18H,7-10H2,1-3H3/t11-,18+/m0/s1. The zero-order chi connectivity index (χ0) is 21.7. The fourth-order valence-corrected chi connectivity index (χ4v) is 3.99. The van der Waals surface area contributed by atoms with Gasteiger partial charge < -0.3 is 14.4 Å². The van der Waals surface area contributed by atoms with Crippen molar-refractivity contribution in [2.75, 3.05) is 31.2 Å². The highest BCUT2D eigenvalue weighted by Gasteiger charge is 2.36.